The fourth-order valence-corrected chi connectivity index (χ4v) is 9.80. The van der Waals surface area contributed by atoms with Gasteiger partial charge in [-0.1, -0.05) is 242 Å². The lowest BCUT2D eigenvalue weighted by Crippen LogP contribution is -2.08. The largest absolute Gasteiger partial charge is 0.252 e. The number of rotatable bonds is 40. The summed E-state index contributed by atoms with van der Waals surface area (Å²) in [5.41, 5.74) is 6.12. The van der Waals surface area contributed by atoms with Crippen molar-refractivity contribution in [3.05, 3.63) is 59.5 Å². The summed E-state index contributed by atoms with van der Waals surface area (Å²) in [6, 6.07) is 0. The third kappa shape index (κ3) is 44.7. The molecule has 0 radical (unpaired) electrons. The van der Waals surface area contributed by atoms with Gasteiger partial charge in [0.1, 0.15) is 0 Å². The first-order chi connectivity index (χ1) is 40.4. The van der Waals surface area contributed by atoms with Crippen molar-refractivity contribution in [1.82, 2.24) is 75.0 Å². The first kappa shape index (κ1) is 78.7. The minimum Gasteiger partial charge on any atom is -0.252 e. The van der Waals surface area contributed by atoms with E-state index in [9.17, 15) is 0 Å². The molecule has 5 rings (SSSR count). The number of aryl methyl sites for hydroxylation is 7. The predicted molar refractivity (Wildman–Crippen MR) is 359 cm³/mol. The van der Waals surface area contributed by atoms with E-state index in [0.29, 0.717) is 17.8 Å². The van der Waals surface area contributed by atoms with Crippen molar-refractivity contribution in [1.29, 1.82) is 0 Å². The fraction of sp³-hybridized carbons (Fsp3) is 0.857. The molecule has 0 aromatic carbocycles. The fourth-order valence-electron chi connectivity index (χ4n) is 9.80. The zero-order valence-electron chi connectivity index (χ0n) is 59.1. The molecular formula is C70H135N15. The van der Waals surface area contributed by atoms with E-state index < -0.39 is 0 Å². The van der Waals surface area contributed by atoms with Crippen molar-refractivity contribution in [2.75, 3.05) is 0 Å². The molecule has 15 nitrogen and oxygen atoms in total. The third-order valence-corrected chi connectivity index (χ3v) is 14.9. The average molecular weight is 1190 g/mol. The van der Waals surface area contributed by atoms with Crippen molar-refractivity contribution in [2.45, 2.75) is 332 Å². The molecule has 0 aliphatic carbocycles. The minimum absolute atomic E-state index is 0.658. The molecule has 0 unspecified atom stereocenters. The highest BCUT2D eigenvalue weighted by Crippen LogP contribution is 2.16. The molecule has 0 fully saturated rings. The standard InChI is InChI=1S/2C16H31N3.2C13H25N3.C12H23N3/c2*1-14(2)9-7-5-6-8-12-19-16(13-17-18-19)11-10-15(3)4;1-11(2)7-5-6-8-16-10-13(14-15-16)9-12(3)4;1-11(2)7-5-6-8-16-13(9-12(3)4)10-14-15-16;1-10(2)6-5-7-15-9-12(13-14-15)8-11(3)4/h2*13-15H,5-12H2,1-4H3;2*10-12H,5-9H2,1-4H3;9-11H,5-8H2,1-4H3. The Balaban J connectivity index is 0.000000533. The van der Waals surface area contributed by atoms with Crippen LogP contribution in [0.15, 0.2) is 31.0 Å². The highest BCUT2D eigenvalue weighted by Gasteiger charge is 2.10. The molecule has 85 heavy (non-hydrogen) atoms. The van der Waals surface area contributed by atoms with Crippen LogP contribution < -0.4 is 0 Å². The Morgan fingerprint density at radius 2 is 0.553 bits per heavy atom. The summed E-state index contributed by atoms with van der Waals surface area (Å²) in [7, 11) is 0. The molecule has 5 aromatic rings. The maximum Gasteiger partial charge on any atom is 0.0829 e. The van der Waals surface area contributed by atoms with Crippen LogP contribution in [0.2, 0.25) is 0 Å². The summed E-state index contributed by atoms with van der Waals surface area (Å²) in [6.07, 6.45) is 41.1. The van der Waals surface area contributed by atoms with Crippen molar-refractivity contribution >= 4 is 0 Å². The molecule has 0 amide bonds. The van der Waals surface area contributed by atoms with Crippen LogP contribution in [0.5, 0.6) is 0 Å². The molecule has 15 heteroatoms. The Morgan fingerprint density at radius 3 is 0.906 bits per heavy atom. The van der Waals surface area contributed by atoms with Gasteiger partial charge in [0, 0.05) is 45.1 Å². The number of aromatic nitrogens is 15. The van der Waals surface area contributed by atoms with Crippen LogP contribution in [-0.2, 0) is 64.8 Å². The van der Waals surface area contributed by atoms with E-state index >= 15 is 0 Å². The number of nitrogens with zero attached hydrogens (tertiary/aromatic N) is 15. The first-order valence-electron chi connectivity index (χ1n) is 34.8. The molecule has 5 aromatic heterocycles. The van der Waals surface area contributed by atoms with Crippen LogP contribution in [0.1, 0.15) is 295 Å². The average Bonchev–Trinajstić information content (AvgIpc) is 4.47. The van der Waals surface area contributed by atoms with Gasteiger partial charge in [-0.05, 0) is 143 Å². The molecule has 0 N–H and O–H groups in total. The molecule has 490 valence electrons. The normalized spacial score (nSPS) is 11.6. The van der Waals surface area contributed by atoms with Crippen molar-refractivity contribution < 1.29 is 0 Å². The Morgan fingerprint density at radius 1 is 0.271 bits per heavy atom. The Labute approximate surface area is 523 Å². The van der Waals surface area contributed by atoms with Gasteiger partial charge in [-0.15, -0.1) is 25.5 Å². The Kier molecular flexibility index (Phi) is 45.1. The summed E-state index contributed by atoms with van der Waals surface area (Å²) in [4.78, 5) is 0. The van der Waals surface area contributed by atoms with E-state index in [0.717, 1.165) is 118 Å². The van der Waals surface area contributed by atoms with Gasteiger partial charge >= 0.3 is 0 Å². The highest BCUT2D eigenvalue weighted by atomic mass is 15.4. The second-order valence-corrected chi connectivity index (χ2v) is 29.0. The molecule has 0 atom stereocenters. The highest BCUT2D eigenvalue weighted by molar-refractivity contribution is 4.97. The van der Waals surface area contributed by atoms with Gasteiger partial charge in [0.05, 0.1) is 47.1 Å². The summed E-state index contributed by atoms with van der Waals surface area (Å²) < 4.78 is 10.2. The van der Waals surface area contributed by atoms with Crippen LogP contribution in [-0.4, -0.2) is 75.0 Å². The zero-order chi connectivity index (χ0) is 63.4. The van der Waals surface area contributed by atoms with Gasteiger partial charge in [-0.2, -0.15) is 0 Å². The monoisotopic (exact) mass is 1190 g/mol. The van der Waals surface area contributed by atoms with Gasteiger partial charge < -0.3 is 0 Å². The SMILES string of the molecule is CC(C)CCCCCCn1nncc1CCC(C)C.CC(C)CCCCCCn1nncc1CCC(C)C.CC(C)CCCCn1cc(CC(C)C)nn1.CC(C)CCCCn1nncc1CC(C)C.CC(C)CCCn1cc(CC(C)C)nn1. The van der Waals surface area contributed by atoms with Crippen LogP contribution in [0.25, 0.3) is 0 Å². The summed E-state index contributed by atoms with van der Waals surface area (Å²) in [5, 5.41) is 41.3. The van der Waals surface area contributed by atoms with Gasteiger partial charge in [-0.3, -0.25) is 9.36 Å². The van der Waals surface area contributed by atoms with Crippen LogP contribution in [0.4, 0.5) is 0 Å². The molecule has 0 bridgehead atoms. The van der Waals surface area contributed by atoms with Crippen LogP contribution in [0, 0.1) is 59.2 Å². The maximum atomic E-state index is 4.21. The summed E-state index contributed by atoms with van der Waals surface area (Å²) >= 11 is 0. The second kappa shape index (κ2) is 48.7. The van der Waals surface area contributed by atoms with E-state index in [1.807, 2.05) is 28.0 Å². The Bertz CT molecular complexity index is 2170. The van der Waals surface area contributed by atoms with Crippen molar-refractivity contribution in [3.8, 4) is 0 Å². The van der Waals surface area contributed by atoms with Crippen molar-refractivity contribution in [2.24, 2.45) is 59.2 Å². The van der Waals surface area contributed by atoms with Gasteiger partial charge in [0.25, 0.3) is 0 Å². The van der Waals surface area contributed by atoms with Gasteiger partial charge in [-0.25, -0.2) is 14.0 Å². The molecule has 0 aliphatic rings. The zero-order valence-corrected chi connectivity index (χ0v) is 59.1. The quantitative estimate of drug-likeness (QED) is 0.0346. The molecule has 0 spiro atoms. The van der Waals surface area contributed by atoms with Gasteiger partial charge in [0.15, 0.2) is 0 Å². The van der Waals surface area contributed by atoms with E-state index in [1.165, 1.54) is 145 Å². The van der Waals surface area contributed by atoms with E-state index in [1.54, 1.807) is 0 Å². The van der Waals surface area contributed by atoms with E-state index in [4.69, 9.17) is 0 Å². The molecule has 0 saturated carbocycles. The lowest BCUT2D eigenvalue weighted by Gasteiger charge is -2.08. The molecule has 0 aliphatic heterocycles. The maximum absolute atomic E-state index is 4.21. The molecular weight excluding hydrogens is 1050 g/mol. The smallest absolute Gasteiger partial charge is 0.0829 e. The topological polar surface area (TPSA) is 154 Å². The van der Waals surface area contributed by atoms with Crippen molar-refractivity contribution in [3.63, 3.8) is 0 Å². The second-order valence-electron chi connectivity index (χ2n) is 29.0. The summed E-state index contributed by atoms with van der Waals surface area (Å²) in [5.74, 6) is 7.58. The number of unbranched alkanes of at least 4 members (excludes halogenated alkanes) is 8. The minimum atomic E-state index is 0.658. The number of hydrogen-bond acceptors (Lipinski definition) is 10. The lowest BCUT2D eigenvalue weighted by atomic mass is 10.0. The third-order valence-electron chi connectivity index (χ3n) is 14.9. The van der Waals surface area contributed by atoms with E-state index in [2.05, 4.69) is 216 Å². The van der Waals surface area contributed by atoms with Gasteiger partial charge in [0.2, 0.25) is 0 Å². The van der Waals surface area contributed by atoms with E-state index in [-0.39, 0.29) is 0 Å². The first-order valence-corrected chi connectivity index (χ1v) is 34.8. The molecule has 0 saturated heterocycles. The lowest BCUT2D eigenvalue weighted by molar-refractivity contribution is 0.469. The number of hydrogen-bond donors (Lipinski definition) is 0. The Hall–Kier alpha value is -4.30. The van der Waals surface area contributed by atoms with Crippen LogP contribution in [0.3, 0.4) is 0 Å². The molecule has 5 heterocycles. The van der Waals surface area contributed by atoms with Crippen LogP contribution >= 0.6 is 0 Å². The predicted octanol–water partition coefficient (Wildman–Crippen LogP) is 18.5. The summed E-state index contributed by atoms with van der Waals surface area (Å²) in [6.45, 7) is 50.3.